The molecule has 1 unspecified atom stereocenters. The van der Waals surface area contributed by atoms with E-state index in [0.29, 0.717) is 26.1 Å². The van der Waals surface area contributed by atoms with E-state index in [1.54, 1.807) is 0 Å². The molecule has 26 heavy (non-hydrogen) atoms. The third-order valence-corrected chi connectivity index (χ3v) is 4.99. The number of carboxylic acid groups (broad SMARTS) is 1. The monoisotopic (exact) mass is 362 g/mol. The summed E-state index contributed by atoms with van der Waals surface area (Å²) in [5, 5.41) is 14.4. The fraction of sp³-hybridized carbons (Fsp3) is 0.579. The number of benzene rings is 1. The first kappa shape index (κ1) is 20.2. The summed E-state index contributed by atoms with van der Waals surface area (Å²) < 4.78 is 0. The van der Waals surface area contributed by atoms with Gasteiger partial charge >= 0.3 is 6.09 Å². The van der Waals surface area contributed by atoms with E-state index in [9.17, 15) is 9.59 Å². The molecular weight excluding hydrogens is 332 g/mol. The fourth-order valence-corrected chi connectivity index (χ4v) is 3.44. The molecule has 0 aromatic heterocycles. The second kappa shape index (κ2) is 10.1. The summed E-state index contributed by atoms with van der Waals surface area (Å²) >= 11 is 0. The van der Waals surface area contributed by atoms with Crippen molar-refractivity contribution in [2.24, 2.45) is 5.73 Å². The summed E-state index contributed by atoms with van der Waals surface area (Å²) in [5.74, 6) is 0.315. The highest BCUT2D eigenvalue weighted by molar-refractivity contribution is 5.82. The zero-order valence-corrected chi connectivity index (χ0v) is 15.4. The Morgan fingerprint density at radius 3 is 2.77 bits per heavy atom. The molecule has 0 bridgehead atoms. The van der Waals surface area contributed by atoms with Crippen molar-refractivity contribution in [2.75, 3.05) is 26.2 Å². The number of nitrogens with one attached hydrogen (secondary N) is 2. The number of rotatable bonds is 8. The molecular formula is C19H30N4O3. The number of carbonyl (C=O) groups is 2. The minimum Gasteiger partial charge on any atom is -0.465 e. The lowest BCUT2D eigenvalue weighted by molar-refractivity contribution is -0.133. The van der Waals surface area contributed by atoms with Crippen LogP contribution in [0, 0.1) is 0 Å². The molecule has 2 amide bonds. The molecule has 1 aromatic carbocycles. The first-order valence-electron chi connectivity index (χ1n) is 9.31. The Morgan fingerprint density at radius 1 is 1.42 bits per heavy atom. The lowest BCUT2D eigenvalue weighted by Crippen LogP contribution is -2.49. The second-order valence-corrected chi connectivity index (χ2v) is 6.76. The largest absolute Gasteiger partial charge is 0.465 e. The van der Waals surface area contributed by atoms with Crippen molar-refractivity contribution in [2.45, 2.75) is 44.2 Å². The van der Waals surface area contributed by atoms with E-state index in [4.69, 9.17) is 10.8 Å². The Bertz CT molecular complexity index is 581. The zero-order chi connectivity index (χ0) is 18.9. The summed E-state index contributed by atoms with van der Waals surface area (Å²) in [4.78, 5) is 25.6. The molecule has 0 aliphatic carbocycles. The van der Waals surface area contributed by atoms with Crippen LogP contribution in [0.5, 0.6) is 0 Å². The van der Waals surface area contributed by atoms with Gasteiger partial charge in [0, 0.05) is 38.1 Å². The predicted molar refractivity (Wildman–Crippen MR) is 101 cm³/mol. The highest BCUT2D eigenvalue weighted by Gasteiger charge is 2.31. The van der Waals surface area contributed by atoms with Crippen LogP contribution in [0.3, 0.4) is 0 Å². The summed E-state index contributed by atoms with van der Waals surface area (Å²) in [6.45, 7) is 4.16. The predicted octanol–water partition coefficient (Wildman–Crippen LogP) is 1.36. The Labute approximate surface area is 154 Å². The Kier molecular flexibility index (Phi) is 7.87. The van der Waals surface area contributed by atoms with Crippen molar-refractivity contribution in [3.8, 4) is 0 Å². The Morgan fingerprint density at radius 2 is 2.15 bits per heavy atom. The van der Waals surface area contributed by atoms with Crippen LogP contribution in [-0.2, 0) is 4.79 Å². The first-order chi connectivity index (χ1) is 12.5. The van der Waals surface area contributed by atoms with Crippen LogP contribution in [-0.4, -0.2) is 60.3 Å². The van der Waals surface area contributed by atoms with Gasteiger partial charge in [-0.3, -0.25) is 4.79 Å². The maximum atomic E-state index is 13.0. The SMILES string of the molecule is CCC(CN1CC[C@@H](CN)N[C@@H](CCNC(=O)O)C1=O)c1ccccc1. The Hall–Kier alpha value is -2.12. The molecule has 3 atom stereocenters. The number of nitrogens with two attached hydrogens (primary N) is 1. The van der Waals surface area contributed by atoms with Crippen LogP contribution < -0.4 is 16.4 Å². The standard InChI is InChI=1S/C19H30N4O3/c1-2-14(15-6-4-3-5-7-15)13-23-11-9-16(12-20)22-17(18(23)24)8-10-21-19(25)26/h3-7,14,16-17,21-22H,2,8-13,20H2,1H3,(H,25,26)/t14?,16-,17-/m0/s1. The van der Waals surface area contributed by atoms with E-state index < -0.39 is 12.1 Å². The average molecular weight is 362 g/mol. The quantitative estimate of drug-likeness (QED) is 0.558. The Balaban J connectivity index is 2.07. The van der Waals surface area contributed by atoms with Gasteiger partial charge in [-0.05, 0) is 24.8 Å². The van der Waals surface area contributed by atoms with Gasteiger partial charge in [-0.25, -0.2) is 4.79 Å². The molecule has 1 aliphatic rings. The summed E-state index contributed by atoms with van der Waals surface area (Å²) in [5.41, 5.74) is 7.05. The number of hydrogen-bond acceptors (Lipinski definition) is 4. The normalized spacial score (nSPS) is 21.9. The molecule has 0 spiro atoms. The van der Waals surface area contributed by atoms with Gasteiger partial charge in [-0.1, -0.05) is 37.3 Å². The van der Waals surface area contributed by atoms with E-state index in [1.165, 1.54) is 5.56 Å². The van der Waals surface area contributed by atoms with Crippen molar-refractivity contribution in [3.63, 3.8) is 0 Å². The van der Waals surface area contributed by atoms with Crippen molar-refractivity contribution >= 4 is 12.0 Å². The van der Waals surface area contributed by atoms with Crippen LogP contribution in [0.2, 0.25) is 0 Å². The van der Waals surface area contributed by atoms with Crippen molar-refractivity contribution < 1.29 is 14.7 Å². The minimum atomic E-state index is -1.08. The molecule has 1 fully saturated rings. The third kappa shape index (κ3) is 5.71. The van der Waals surface area contributed by atoms with Crippen molar-refractivity contribution in [1.29, 1.82) is 0 Å². The molecule has 7 heteroatoms. The van der Waals surface area contributed by atoms with E-state index in [1.807, 2.05) is 23.1 Å². The van der Waals surface area contributed by atoms with Crippen LogP contribution >= 0.6 is 0 Å². The average Bonchev–Trinajstić information content (AvgIpc) is 2.79. The van der Waals surface area contributed by atoms with Crippen LogP contribution in [0.1, 0.15) is 37.7 Å². The maximum absolute atomic E-state index is 13.0. The van der Waals surface area contributed by atoms with Crippen LogP contribution in [0.4, 0.5) is 4.79 Å². The molecule has 144 valence electrons. The van der Waals surface area contributed by atoms with Gasteiger partial charge in [0.15, 0.2) is 0 Å². The summed E-state index contributed by atoms with van der Waals surface area (Å²) in [7, 11) is 0. The number of carbonyl (C=O) groups excluding carboxylic acids is 1. The topological polar surface area (TPSA) is 108 Å². The molecule has 0 saturated carbocycles. The van der Waals surface area contributed by atoms with E-state index in [2.05, 4.69) is 29.7 Å². The fourth-order valence-electron chi connectivity index (χ4n) is 3.44. The van der Waals surface area contributed by atoms with Gasteiger partial charge < -0.3 is 26.4 Å². The molecule has 1 aliphatic heterocycles. The molecule has 0 radical (unpaired) electrons. The molecule has 5 N–H and O–H groups in total. The summed E-state index contributed by atoms with van der Waals surface area (Å²) in [6, 6.07) is 9.90. The van der Waals surface area contributed by atoms with E-state index in [-0.39, 0.29) is 24.4 Å². The maximum Gasteiger partial charge on any atom is 0.404 e. The molecule has 1 aromatic rings. The second-order valence-electron chi connectivity index (χ2n) is 6.76. The van der Waals surface area contributed by atoms with Gasteiger partial charge in [0.1, 0.15) is 0 Å². The first-order valence-corrected chi connectivity index (χ1v) is 9.31. The van der Waals surface area contributed by atoms with E-state index >= 15 is 0 Å². The highest BCUT2D eigenvalue weighted by atomic mass is 16.4. The smallest absolute Gasteiger partial charge is 0.404 e. The molecule has 1 heterocycles. The summed E-state index contributed by atoms with van der Waals surface area (Å²) in [6.07, 6.45) is 1.09. The molecule has 2 rings (SSSR count). The van der Waals surface area contributed by atoms with Gasteiger partial charge in [0.25, 0.3) is 0 Å². The molecule has 1 saturated heterocycles. The van der Waals surface area contributed by atoms with Gasteiger partial charge in [0.2, 0.25) is 5.91 Å². The van der Waals surface area contributed by atoms with Gasteiger partial charge in [0.05, 0.1) is 6.04 Å². The zero-order valence-electron chi connectivity index (χ0n) is 15.4. The highest BCUT2D eigenvalue weighted by Crippen LogP contribution is 2.22. The van der Waals surface area contributed by atoms with Crippen LogP contribution in [0.25, 0.3) is 0 Å². The van der Waals surface area contributed by atoms with Gasteiger partial charge in [-0.15, -0.1) is 0 Å². The van der Waals surface area contributed by atoms with Crippen molar-refractivity contribution in [3.05, 3.63) is 35.9 Å². The molecule has 7 nitrogen and oxygen atoms in total. The third-order valence-electron chi connectivity index (χ3n) is 4.99. The van der Waals surface area contributed by atoms with E-state index in [0.717, 1.165) is 12.8 Å². The minimum absolute atomic E-state index is 0.0301. The number of nitrogens with zero attached hydrogens (tertiary/aromatic N) is 1. The lowest BCUT2D eigenvalue weighted by Gasteiger charge is -2.28. The lowest BCUT2D eigenvalue weighted by atomic mass is 9.95. The number of hydrogen-bond donors (Lipinski definition) is 4. The van der Waals surface area contributed by atoms with Crippen molar-refractivity contribution in [1.82, 2.24) is 15.5 Å². The van der Waals surface area contributed by atoms with Crippen LogP contribution in [0.15, 0.2) is 30.3 Å². The van der Waals surface area contributed by atoms with Gasteiger partial charge in [-0.2, -0.15) is 0 Å². The number of amides is 2.